The van der Waals surface area contributed by atoms with E-state index in [-0.39, 0.29) is 28.0 Å². The van der Waals surface area contributed by atoms with E-state index in [2.05, 4.69) is 10.5 Å². The number of anilines is 1. The molecule has 0 fully saturated rings. The Morgan fingerprint density at radius 1 is 1.03 bits per heavy atom. The number of amides is 1. The minimum Gasteiger partial charge on any atom is -0.507 e. The lowest BCUT2D eigenvalue weighted by Gasteiger charge is -2.24. The molecule has 0 radical (unpaired) electrons. The first-order valence-electron chi connectivity index (χ1n) is 9.71. The van der Waals surface area contributed by atoms with Crippen LogP contribution in [-0.4, -0.2) is 31.4 Å². The van der Waals surface area contributed by atoms with Gasteiger partial charge >= 0.3 is 0 Å². The number of nitrogens with zero attached hydrogens (tertiary/aromatic N) is 2. The van der Waals surface area contributed by atoms with Gasteiger partial charge in [-0.2, -0.15) is 5.10 Å². The van der Waals surface area contributed by atoms with Crippen LogP contribution in [0.4, 0.5) is 5.69 Å². The fourth-order valence-electron chi connectivity index (χ4n) is 3.03. The molecule has 0 aliphatic rings. The predicted molar refractivity (Wildman–Crippen MR) is 132 cm³/mol. The van der Waals surface area contributed by atoms with Crippen LogP contribution in [0.15, 0.2) is 71.8 Å². The highest BCUT2D eigenvalue weighted by atomic mass is 35.5. The van der Waals surface area contributed by atoms with Gasteiger partial charge in [-0.05, 0) is 48.9 Å². The number of rotatable bonds is 7. The lowest BCUT2D eigenvalue weighted by molar-refractivity contribution is 0.0954. The highest BCUT2D eigenvalue weighted by molar-refractivity contribution is 7.92. The lowest BCUT2D eigenvalue weighted by atomic mass is 10.1. The van der Waals surface area contributed by atoms with E-state index in [1.807, 2.05) is 0 Å². The van der Waals surface area contributed by atoms with Gasteiger partial charge in [0.2, 0.25) is 10.0 Å². The highest BCUT2D eigenvalue weighted by Gasteiger charge is 2.21. The van der Waals surface area contributed by atoms with Crippen LogP contribution in [0.1, 0.15) is 28.4 Å². The van der Waals surface area contributed by atoms with Crippen molar-refractivity contribution in [3.63, 3.8) is 0 Å². The van der Waals surface area contributed by atoms with Gasteiger partial charge in [0.25, 0.3) is 5.91 Å². The number of aromatic hydroxyl groups is 1. The number of hydrogen-bond donors (Lipinski definition) is 2. The summed E-state index contributed by atoms with van der Waals surface area (Å²) in [4.78, 5) is 12.4. The number of sulfonamides is 1. The summed E-state index contributed by atoms with van der Waals surface area (Å²) in [6.07, 6.45) is 1.08. The number of carbonyl (C=O) groups is 1. The maximum absolute atomic E-state index is 12.4. The summed E-state index contributed by atoms with van der Waals surface area (Å²) in [5.74, 6) is -0.387. The van der Waals surface area contributed by atoms with Crippen LogP contribution in [0.25, 0.3) is 0 Å². The number of halogens is 2. The number of carbonyl (C=O) groups excluding carboxylic acids is 1. The van der Waals surface area contributed by atoms with E-state index in [1.54, 1.807) is 67.6 Å². The van der Waals surface area contributed by atoms with Gasteiger partial charge in [0.05, 0.1) is 34.2 Å². The molecule has 2 N–H and O–H groups in total. The molecular weight excluding hydrogens is 485 g/mol. The third-order valence-electron chi connectivity index (χ3n) is 4.76. The largest absolute Gasteiger partial charge is 0.507 e. The van der Waals surface area contributed by atoms with E-state index in [0.29, 0.717) is 22.4 Å². The Bertz CT molecular complexity index is 1310. The second-order valence-corrected chi connectivity index (χ2v) is 9.89. The van der Waals surface area contributed by atoms with Crippen LogP contribution < -0.4 is 9.73 Å². The van der Waals surface area contributed by atoms with Crippen molar-refractivity contribution in [2.45, 2.75) is 13.5 Å². The summed E-state index contributed by atoms with van der Waals surface area (Å²) in [5.41, 5.74) is 4.64. The standard InChI is InChI=1S/C23H21Cl2N3O4S/c1-15(18-6-3-4-9-21(18)29)26-27-23(30)17-12-10-16(11-13-17)14-28(33(2,31)32)20-8-5-7-19(24)22(20)25/h3-13,29H,14H2,1-2H3,(H,27,30)/b26-15-. The topological polar surface area (TPSA) is 99.1 Å². The molecule has 7 nitrogen and oxygen atoms in total. The molecule has 0 spiro atoms. The van der Waals surface area contributed by atoms with Gasteiger partial charge in [-0.25, -0.2) is 13.8 Å². The second-order valence-electron chi connectivity index (χ2n) is 7.19. The molecule has 0 heterocycles. The van der Waals surface area contributed by atoms with Crippen LogP contribution in [0.5, 0.6) is 5.75 Å². The molecule has 0 bridgehead atoms. The van der Waals surface area contributed by atoms with E-state index in [0.717, 1.165) is 10.6 Å². The summed E-state index contributed by atoms with van der Waals surface area (Å²) in [5, 5.41) is 14.3. The van der Waals surface area contributed by atoms with Crippen LogP contribution in [0.3, 0.4) is 0 Å². The highest BCUT2D eigenvalue weighted by Crippen LogP contribution is 2.34. The Labute approximate surface area is 202 Å². The SMILES string of the molecule is C/C(=N/NC(=O)c1ccc(CN(c2cccc(Cl)c2Cl)S(C)(=O)=O)cc1)c1ccccc1O. The molecule has 3 rings (SSSR count). The fraction of sp³-hybridized carbons (Fsp3) is 0.130. The van der Waals surface area contributed by atoms with Gasteiger partial charge < -0.3 is 5.11 Å². The van der Waals surface area contributed by atoms with E-state index >= 15 is 0 Å². The van der Waals surface area contributed by atoms with Gasteiger partial charge in [0.15, 0.2) is 0 Å². The maximum Gasteiger partial charge on any atom is 0.271 e. The smallest absolute Gasteiger partial charge is 0.271 e. The normalized spacial score (nSPS) is 11.8. The summed E-state index contributed by atoms with van der Waals surface area (Å²) in [7, 11) is -3.66. The minimum atomic E-state index is -3.66. The number of para-hydroxylation sites is 1. The van der Waals surface area contributed by atoms with Crippen LogP contribution in [0, 0.1) is 0 Å². The first-order valence-corrected chi connectivity index (χ1v) is 12.3. The fourth-order valence-corrected chi connectivity index (χ4v) is 4.37. The molecule has 0 atom stereocenters. The first kappa shape index (κ1) is 24.6. The van der Waals surface area contributed by atoms with Crippen LogP contribution in [-0.2, 0) is 16.6 Å². The predicted octanol–water partition coefficient (Wildman–Crippen LogP) is 4.82. The maximum atomic E-state index is 12.4. The van der Waals surface area contributed by atoms with Crippen molar-refractivity contribution in [2.24, 2.45) is 5.10 Å². The van der Waals surface area contributed by atoms with Crippen molar-refractivity contribution in [1.82, 2.24) is 5.43 Å². The average Bonchev–Trinajstić information content (AvgIpc) is 2.78. The second kappa shape index (κ2) is 10.2. The van der Waals surface area contributed by atoms with E-state index in [4.69, 9.17) is 23.2 Å². The molecule has 0 saturated heterocycles. The minimum absolute atomic E-state index is 0.00530. The van der Waals surface area contributed by atoms with Gasteiger partial charge in [0.1, 0.15) is 5.75 Å². The molecule has 0 aliphatic heterocycles. The van der Waals surface area contributed by atoms with Crippen molar-refractivity contribution < 1.29 is 18.3 Å². The number of hydrogen-bond acceptors (Lipinski definition) is 5. The molecule has 10 heteroatoms. The summed E-state index contributed by atoms with van der Waals surface area (Å²) in [6, 6.07) is 17.9. The number of phenolic OH excluding ortho intramolecular Hbond substituents is 1. The molecule has 0 aliphatic carbocycles. The van der Waals surface area contributed by atoms with Gasteiger partial charge in [0, 0.05) is 11.1 Å². The molecule has 3 aromatic carbocycles. The van der Waals surface area contributed by atoms with E-state index in [9.17, 15) is 18.3 Å². The van der Waals surface area contributed by atoms with Gasteiger partial charge in [-0.1, -0.05) is 53.5 Å². The Balaban J connectivity index is 1.76. The van der Waals surface area contributed by atoms with Crippen LogP contribution >= 0.6 is 23.2 Å². The molecule has 0 saturated carbocycles. The van der Waals surface area contributed by atoms with Crippen molar-refractivity contribution in [3.05, 3.63) is 93.5 Å². The van der Waals surface area contributed by atoms with Crippen LogP contribution in [0.2, 0.25) is 10.0 Å². The molecule has 3 aromatic rings. The third kappa shape index (κ3) is 6.04. The number of benzene rings is 3. The van der Waals surface area contributed by atoms with Crippen molar-refractivity contribution in [2.75, 3.05) is 10.6 Å². The zero-order chi connectivity index (χ0) is 24.2. The Morgan fingerprint density at radius 3 is 2.33 bits per heavy atom. The zero-order valence-electron chi connectivity index (χ0n) is 17.8. The van der Waals surface area contributed by atoms with E-state index < -0.39 is 15.9 Å². The van der Waals surface area contributed by atoms with Gasteiger partial charge in [-0.3, -0.25) is 9.10 Å². The van der Waals surface area contributed by atoms with E-state index in [1.165, 1.54) is 6.07 Å². The first-order chi connectivity index (χ1) is 15.6. The molecular formula is C23H21Cl2N3O4S. The summed E-state index contributed by atoms with van der Waals surface area (Å²) < 4.78 is 25.9. The number of phenols is 1. The Morgan fingerprint density at radius 2 is 1.70 bits per heavy atom. The van der Waals surface area contributed by atoms with Crippen molar-refractivity contribution >= 4 is 50.5 Å². The zero-order valence-corrected chi connectivity index (χ0v) is 20.1. The Kier molecular flexibility index (Phi) is 7.63. The number of nitrogens with one attached hydrogen (secondary N) is 1. The quantitative estimate of drug-likeness (QED) is 0.355. The van der Waals surface area contributed by atoms with Crippen molar-refractivity contribution in [3.8, 4) is 5.75 Å². The summed E-state index contributed by atoms with van der Waals surface area (Å²) in [6.45, 7) is 1.67. The molecule has 1 amide bonds. The lowest BCUT2D eigenvalue weighted by Crippen LogP contribution is -2.29. The van der Waals surface area contributed by atoms with Gasteiger partial charge in [-0.15, -0.1) is 0 Å². The summed E-state index contributed by atoms with van der Waals surface area (Å²) >= 11 is 12.3. The monoisotopic (exact) mass is 505 g/mol. The molecule has 172 valence electrons. The average molecular weight is 506 g/mol. The van der Waals surface area contributed by atoms with Crippen molar-refractivity contribution in [1.29, 1.82) is 0 Å². The number of hydrazone groups is 1. The molecule has 0 unspecified atom stereocenters. The third-order valence-corrected chi connectivity index (χ3v) is 6.70. The Hall–Kier alpha value is -3.07. The molecule has 0 aromatic heterocycles. The molecule has 33 heavy (non-hydrogen) atoms.